The molecular weight excluding hydrogens is 366 g/mol. The van der Waals surface area contributed by atoms with Gasteiger partial charge in [-0.3, -0.25) is 0 Å². The highest BCUT2D eigenvalue weighted by Gasteiger charge is 2.12. The summed E-state index contributed by atoms with van der Waals surface area (Å²) in [5, 5.41) is 6.77. The molecule has 0 atom stereocenters. The molecule has 0 amide bonds. The number of thiazole rings is 1. The van der Waals surface area contributed by atoms with Crippen molar-refractivity contribution in [3.8, 4) is 0 Å². The first-order valence-electron chi connectivity index (χ1n) is 7.06. The van der Waals surface area contributed by atoms with Crippen LogP contribution in [0.25, 0.3) is 0 Å². The van der Waals surface area contributed by atoms with E-state index < -0.39 is 0 Å². The lowest BCUT2D eigenvalue weighted by Gasteiger charge is -2.14. The van der Waals surface area contributed by atoms with Crippen molar-refractivity contribution < 1.29 is 0 Å². The van der Waals surface area contributed by atoms with Crippen LogP contribution in [0, 0.1) is 12.8 Å². The molecule has 0 saturated carbocycles. The smallest absolute Gasteiger partial charge is 0.185 e. The second-order valence-corrected chi connectivity index (χ2v) is 9.00. The van der Waals surface area contributed by atoms with E-state index in [2.05, 4.69) is 65.4 Å². The fourth-order valence-electron chi connectivity index (χ4n) is 1.98. The summed E-state index contributed by atoms with van der Waals surface area (Å²) < 4.78 is 1.18. The van der Waals surface area contributed by atoms with Gasteiger partial charge in [-0.05, 0) is 52.3 Å². The predicted molar refractivity (Wildman–Crippen MR) is 97.5 cm³/mol. The second kappa shape index (κ2) is 7.72. The number of nitrogens with one attached hydrogen (secondary N) is 1. The fourth-order valence-corrected chi connectivity index (χ4v) is 4.18. The fraction of sp³-hybridized carbons (Fsp3) is 0.533. The number of hydrogen-bond acceptors (Lipinski definition) is 5. The number of aryl methyl sites for hydroxylation is 1. The minimum atomic E-state index is 0.678. The first-order chi connectivity index (χ1) is 9.95. The molecule has 0 aliphatic heterocycles. The van der Waals surface area contributed by atoms with Gasteiger partial charge in [0.15, 0.2) is 5.13 Å². The zero-order valence-corrected chi connectivity index (χ0v) is 16.2. The molecule has 0 radical (unpaired) electrons. The normalized spacial score (nSPS) is 11.3. The van der Waals surface area contributed by atoms with Gasteiger partial charge < -0.3 is 10.2 Å². The molecule has 0 bridgehead atoms. The Hall–Kier alpha value is -0.430. The van der Waals surface area contributed by atoms with Crippen LogP contribution >= 0.6 is 38.6 Å². The van der Waals surface area contributed by atoms with Crippen molar-refractivity contribution >= 4 is 43.7 Å². The average molecular weight is 388 g/mol. The molecule has 2 heterocycles. The number of anilines is 1. The number of hydrogen-bond donors (Lipinski definition) is 1. The van der Waals surface area contributed by atoms with Gasteiger partial charge in [0.2, 0.25) is 0 Å². The van der Waals surface area contributed by atoms with E-state index in [1.807, 2.05) is 0 Å². The molecule has 6 heteroatoms. The molecule has 0 fully saturated rings. The van der Waals surface area contributed by atoms with E-state index in [4.69, 9.17) is 4.98 Å². The van der Waals surface area contributed by atoms with E-state index >= 15 is 0 Å². The Balaban J connectivity index is 1.96. The molecule has 2 rings (SSSR count). The molecular formula is C15H22BrN3S2. The molecule has 3 nitrogen and oxygen atoms in total. The Morgan fingerprint density at radius 3 is 2.81 bits per heavy atom. The molecule has 1 N–H and O–H groups in total. The summed E-state index contributed by atoms with van der Waals surface area (Å²) in [5.74, 6) is 0.678. The molecule has 116 valence electrons. The maximum atomic E-state index is 4.71. The van der Waals surface area contributed by atoms with Gasteiger partial charge in [0.1, 0.15) is 0 Å². The van der Waals surface area contributed by atoms with Gasteiger partial charge in [-0.15, -0.1) is 22.7 Å². The van der Waals surface area contributed by atoms with Gasteiger partial charge in [0.05, 0.1) is 9.48 Å². The summed E-state index contributed by atoms with van der Waals surface area (Å²) in [6.07, 6.45) is 0. The Kier molecular flexibility index (Phi) is 6.22. The van der Waals surface area contributed by atoms with Gasteiger partial charge in [0.25, 0.3) is 0 Å². The topological polar surface area (TPSA) is 28.2 Å². The molecule has 0 saturated heterocycles. The number of thiophene rings is 1. The van der Waals surface area contributed by atoms with E-state index in [1.165, 1.54) is 14.2 Å². The van der Waals surface area contributed by atoms with Crippen molar-refractivity contribution in [1.82, 2.24) is 10.3 Å². The van der Waals surface area contributed by atoms with Gasteiger partial charge in [-0.2, -0.15) is 0 Å². The number of nitrogens with zero attached hydrogens (tertiary/aromatic N) is 2. The van der Waals surface area contributed by atoms with Crippen LogP contribution in [0.4, 0.5) is 5.13 Å². The summed E-state index contributed by atoms with van der Waals surface area (Å²) >= 11 is 7.03. The van der Waals surface area contributed by atoms with E-state index in [0.29, 0.717) is 5.92 Å². The van der Waals surface area contributed by atoms with Crippen molar-refractivity contribution in [2.45, 2.75) is 33.9 Å². The third-order valence-electron chi connectivity index (χ3n) is 3.09. The maximum absolute atomic E-state index is 4.71. The Morgan fingerprint density at radius 1 is 1.43 bits per heavy atom. The lowest BCUT2D eigenvalue weighted by molar-refractivity contribution is 0.554. The number of aromatic nitrogens is 1. The summed E-state index contributed by atoms with van der Waals surface area (Å²) in [4.78, 5) is 8.26. The van der Waals surface area contributed by atoms with Crippen LogP contribution in [-0.2, 0) is 13.1 Å². The monoisotopic (exact) mass is 387 g/mol. The predicted octanol–water partition coefficient (Wildman–Crippen LogP) is 4.66. The number of rotatable bonds is 7. The lowest BCUT2D eigenvalue weighted by Crippen LogP contribution is -2.18. The van der Waals surface area contributed by atoms with Crippen LogP contribution in [0.5, 0.6) is 0 Å². The average Bonchev–Trinajstić information content (AvgIpc) is 2.96. The van der Waals surface area contributed by atoms with Crippen molar-refractivity contribution in [2.75, 3.05) is 18.5 Å². The van der Waals surface area contributed by atoms with Crippen LogP contribution in [0.2, 0.25) is 0 Å². The Bertz CT molecular complexity index is 577. The Labute approximate surface area is 143 Å². The molecule has 0 unspecified atom stereocenters. The van der Waals surface area contributed by atoms with Crippen LogP contribution in [0.3, 0.4) is 0 Å². The van der Waals surface area contributed by atoms with E-state index in [9.17, 15) is 0 Å². The van der Waals surface area contributed by atoms with E-state index in [0.717, 1.165) is 30.5 Å². The maximum Gasteiger partial charge on any atom is 0.185 e. The van der Waals surface area contributed by atoms with Crippen LogP contribution in [0.15, 0.2) is 15.2 Å². The minimum absolute atomic E-state index is 0.678. The third-order valence-corrected chi connectivity index (χ3v) is 5.91. The van der Waals surface area contributed by atoms with Gasteiger partial charge in [0, 0.05) is 25.0 Å². The van der Waals surface area contributed by atoms with E-state index in [-0.39, 0.29) is 0 Å². The van der Waals surface area contributed by atoms with Gasteiger partial charge in [-0.1, -0.05) is 13.8 Å². The van der Waals surface area contributed by atoms with Crippen molar-refractivity contribution in [3.63, 3.8) is 0 Å². The van der Waals surface area contributed by atoms with Crippen LogP contribution in [0.1, 0.15) is 30.0 Å². The standard InChI is InChI=1S/C15H22BrN3S2/c1-10(2)6-17-7-13-11(3)18-15(21-13)19(4)8-12-5-14(16)20-9-12/h5,9-10,17H,6-8H2,1-4H3. The van der Waals surface area contributed by atoms with Crippen LogP contribution < -0.4 is 10.2 Å². The summed E-state index contributed by atoms with van der Waals surface area (Å²) in [7, 11) is 2.11. The second-order valence-electron chi connectivity index (χ2n) is 5.64. The highest BCUT2D eigenvalue weighted by Crippen LogP contribution is 2.28. The molecule has 0 spiro atoms. The zero-order chi connectivity index (χ0) is 15.4. The summed E-state index contributed by atoms with van der Waals surface area (Å²) in [5.41, 5.74) is 2.46. The minimum Gasteiger partial charge on any atom is -0.347 e. The first kappa shape index (κ1) is 16.9. The molecule has 2 aromatic heterocycles. The van der Waals surface area contributed by atoms with Gasteiger partial charge >= 0.3 is 0 Å². The van der Waals surface area contributed by atoms with Crippen molar-refractivity contribution in [2.24, 2.45) is 5.92 Å². The largest absolute Gasteiger partial charge is 0.347 e. The SMILES string of the molecule is Cc1nc(N(C)Cc2csc(Br)c2)sc1CNCC(C)C. The van der Waals surface area contributed by atoms with Crippen LogP contribution in [-0.4, -0.2) is 18.6 Å². The molecule has 0 aromatic carbocycles. The van der Waals surface area contributed by atoms with Crippen molar-refractivity contribution in [3.05, 3.63) is 31.4 Å². The summed E-state index contributed by atoms with van der Waals surface area (Å²) in [6, 6.07) is 2.17. The molecule has 0 aliphatic rings. The highest BCUT2D eigenvalue weighted by atomic mass is 79.9. The van der Waals surface area contributed by atoms with E-state index in [1.54, 1.807) is 22.7 Å². The van der Waals surface area contributed by atoms with Gasteiger partial charge in [-0.25, -0.2) is 4.98 Å². The Morgan fingerprint density at radius 2 is 2.19 bits per heavy atom. The quantitative estimate of drug-likeness (QED) is 0.748. The molecule has 21 heavy (non-hydrogen) atoms. The zero-order valence-electron chi connectivity index (χ0n) is 12.9. The summed E-state index contributed by atoms with van der Waals surface area (Å²) in [6.45, 7) is 9.41. The highest BCUT2D eigenvalue weighted by molar-refractivity contribution is 9.11. The third kappa shape index (κ3) is 5.06. The van der Waals surface area contributed by atoms with Crippen molar-refractivity contribution in [1.29, 1.82) is 0 Å². The molecule has 2 aromatic rings. The number of halogens is 1. The first-order valence-corrected chi connectivity index (χ1v) is 9.55. The lowest BCUT2D eigenvalue weighted by atomic mass is 10.2. The molecule has 0 aliphatic carbocycles.